The summed E-state index contributed by atoms with van der Waals surface area (Å²) in [5, 5.41) is 9.34. The predicted octanol–water partition coefficient (Wildman–Crippen LogP) is 3.99. The molecule has 3 aromatic carbocycles. The Kier molecular flexibility index (Phi) is 8.60. The minimum atomic E-state index is -4.00. The summed E-state index contributed by atoms with van der Waals surface area (Å²) in [6.07, 6.45) is 1.24. The van der Waals surface area contributed by atoms with Crippen LogP contribution in [-0.2, 0) is 14.8 Å². The normalized spacial score (nSPS) is 16.6. The molecule has 1 aliphatic rings. The molecule has 37 heavy (non-hydrogen) atoms. The van der Waals surface area contributed by atoms with Crippen molar-refractivity contribution < 1.29 is 23.2 Å². The van der Waals surface area contributed by atoms with E-state index in [2.05, 4.69) is 28.7 Å². The number of hydroxylamine groups is 1. The molecule has 0 aliphatic carbocycles. The largest absolute Gasteiger partial charge is 0.497 e. The molecule has 1 amide bonds. The lowest BCUT2D eigenvalue weighted by Gasteiger charge is -2.38. The predicted molar refractivity (Wildman–Crippen MR) is 142 cm³/mol. The maximum absolute atomic E-state index is 13.2. The average molecular weight is 524 g/mol. The zero-order valence-electron chi connectivity index (χ0n) is 21.0. The Balaban J connectivity index is 1.44. The van der Waals surface area contributed by atoms with Crippen molar-refractivity contribution in [2.75, 3.05) is 20.2 Å². The second-order valence-electron chi connectivity index (χ2n) is 9.29. The molecule has 1 aliphatic heterocycles. The lowest BCUT2D eigenvalue weighted by Crippen LogP contribution is -2.52. The highest BCUT2D eigenvalue weighted by atomic mass is 32.2. The molecule has 9 heteroatoms. The highest BCUT2D eigenvalue weighted by molar-refractivity contribution is 7.89. The van der Waals surface area contributed by atoms with Crippen molar-refractivity contribution in [3.8, 4) is 16.9 Å². The van der Waals surface area contributed by atoms with E-state index < -0.39 is 22.0 Å². The van der Waals surface area contributed by atoms with Gasteiger partial charge in [0, 0.05) is 6.04 Å². The molecule has 0 aromatic heterocycles. The summed E-state index contributed by atoms with van der Waals surface area (Å²) in [7, 11) is -2.40. The molecule has 3 N–H and O–H groups in total. The summed E-state index contributed by atoms with van der Waals surface area (Å²) in [4.78, 5) is 14.9. The molecule has 0 radical (unpaired) electrons. The van der Waals surface area contributed by atoms with Gasteiger partial charge in [-0.25, -0.2) is 13.9 Å². The van der Waals surface area contributed by atoms with E-state index in [0.29, 0.717) is 25.9 Å². The second-order valence-corrected chi connectivity index (χ2v) is 11.0. The number of amides is 1. The van der Waals surface area contributed by atoms with E-state index in [4.69, 9.17) is 4.74 Å². The summed E-state index contributed by atoms with van der Waals surface area (Å²) >= 11 is 0. The first kappa shape index (κ1) is 26.8. The Morgan fingerprint density at radius 1 is 0.946 bits per heavy atom. The molecule has 0 spiro atoms. The van der Waals surface area contributed by atoms with Crippen molar-refractivity contribution in [1.29, 1.82) is 0 Å². The monoisotopic (exact) mass is 523 g/mol. The summed E-state index contributed by atoms with van der Waals surface area (Å²) < 4.78 is 34.1. The first-order valence-corrected chi connectivity index (χ1v) is 13.8. The Bertz CT molecular complexity index is 1270. The summed E-state index contributed by atoms with van der Waals surface area (Å²) in [5.41, 5.74) is 4.63. The molecule has 0 bridgehead atoms. The summed E-state index contributed by atoms with van der Waals surface area (Å²) in [6.45, 7) is 3.58. The minimum absolute atomic E-state index is 0.0515. The molecule has 3 aromatic rings. The number of hydrogen-bond donors (Lipinski definition) is 3. The highest BCUT2D eigenvalue weighted by Crippen LogP contribution is 2.29. The fourth-order valence-corrected chi connectivity index (χ4v) is 6.13. The van der Waals surface area contributed by atoms with Gasteiger partial charge in [0.2, 0.25) is 10.0 Å². The smallest absolute Gasteiger partial charge is 0.261 e. The number of hydrogen-bond acceptors (Lipinski definition) is 6. The Morgan fingerprint density at radius 2 is 1.51 bits per heavy atom. The van der Waals surface area contributed by atoms with E-state index >= 15 is 0 Å². The number of benzene rings is 3. The first-order chi connectivity index (χ1) is 17.8. The van der Waals surface area contributed by atoms with E-state index in [1.54, 1.807) is 24.7 Å². The van der Waals surface area contributed by atoms with Crippen LogP contribution in [0.2, 0.25) is 0 Å². The molecule has 1 saturated heterocycles. The third kappa shape index (κ3) is 6.37. The molecular formula is C28H33N3O5S. The number of likely N-dealkylation sites (tertiary alicyclic amines) is 1. The van der Waals surface area contributed by atoms with Crippen molar-refractivity contribution in [3.05, 3.63) is 84.4 Å². The van der Waals surface area contributed by atoms with Gasteiger partial charge in [0.15, 0.2) is 0 Å². The average Bonchev–Trinajstić information content (AvgIpc) is 2.96. The van der Waals surface area contributed by atoms with Gasteiger partial charge in [-0.05, 0) is 79.7 Å². The maximum Gasteiger partial charge on any atom is 0.261 e. The number of carbonyl (C=O) groups excluding carboxylic acids is 1. The van der Waals surface area contributed by atoms with Gasteiger partial charge in [-0.1, -0.05) is 54.6 Å². The Morgan fingerprint density at radius 3 is 2.05 bits per heavy atom. The van der Waals surface area contributed by atoms with Gasteiger partial charge >= 0.3 is 0 Å². The molecular weight excluding hydrogens is 490 g/mol. The molecule has 1 fully saturated rings. The van der Waals surface area contributed by atoms with E-state index in [1.165, 1.54) is 17.7 Å². The number of nitrogens with one attached hydrogen (secondary N) is 2. The van der Waals surface area contributed by atoms with E-state index in [0.717, 1.165) is 16.9 Å². The van der Waals surface area contributed by atoms with Crippen molar-refractivity contribution in [2.45, 2.75) is 36.7 Å². The van der Waals surface area contributed by atoms with Gasteiger partial charge in [0.25, 0.3) is 5.91 Å². The van der Waals surface area contributed by atoms with Crippen molar-refractivity contribution in [1.82, 2.24) is 15.1 Å². The second kappa shape index (κ2) is 11.9. The number of sulfonamides is 1. The third-order valence-electron chi connectivity index (χ3n) is 7.14. The van der Waals surface area contributed by atoms with Crippen LogP contribution in [-0.4, -0.2) is 50.7 Å². The molecule has 1 heterocycles. The van der Waals surface area contributed by atoms with Crippen molar-refractivity contribution in [2.24, 2.45) is 5.92 Å². The van der Waals surface area contributed by atoms with Crippen LogP contribution in [0.25, 0.3) is 11.1 Å². The van der Waals surface area contributed by atoms with Crippen molar-refractivity contribution >= 4 is 15.9 Å². The topological polar surface area (TPSA) is 108 Å². The molecule has 0 saturated carbocycles. The zero-order valence-corrected chi connectivity index (χ0v) is 21.8. The maximum atomic E-state index is 13.2. The van der Waals surface area contributed by atoms with Gasteiger partial charge in [-0.2, -0.15) is 4.72 Å². The van der Waals surface area contributed by atoms with Crippen LogP contribution in [0, 0.1) is 5.92 Å². The number of piperidine rings is 1. The summed E-state index contributed by atoms with van der Waals surface area (Å²) in [5.74, 6) is -0.270. The van der Waals surface area contributed by atoms with Gasteiger partial charge in [-0.15, -0.1) is 0 Å². The first-order valence-electron chi connectivity index (χ1n) is 12.3. The van der Waals surface area contributed by atoms with Gasteiger partial charge in [-0.3, -0.25) is 14.9 Å². The van der Waals surface area contributed by atoms with Crippen LogP contribution in [0.4, 0.5) is 0 Å². The van der Waals surface area contributed by atoms with E-state index in [1.807, 2.05) is 42.5 Å². The number of rotatable bonds is 9. The van der Waals surface area contributed by atoms with Crippen LogP contribution in [0.1, 0.15) is 31.4 Å². The van der Waals surface area contributed by atoms with E-state index in [9.17, 15) is 18.4 Å². The lowest BCUT2D eigenvalue weighted by molar-refractivity contribution is -0.132. The van der Waals surface area contributed by atoms with Crippen LogP contribution in [0.5, 0.6) is 5.75 Å². The fraction of sp³-hybridized carbons (Fsp3) is 0.321. The lowest BCUT2D eigenvalue weighted by atomic mass is 9.88. The van der Waals surface area contributed by atoms with Gasteiger partial charge in [0.1, 0.15) is 11.8 Å². The van der Waals surface area contributed by atoms with Crippen LogP contribution in [0.3, 0.4) is 0 Å². The molecule has 8 nitrogen and oxygen atoms in total. The SMILES string of the molecule is COc1ccc(-c2ccc(S(=O)(=O)NC(C(=O)NO)C3CCN(C(C)c4ccccc4)CC3)cc2)cc1. The number of methoxy groups -OCH3 is 1. The molecule has 4 rings (SSSR count). The zero-order chi connectivity index (χ0) is 26.4. The van der Waals surface area contributed by atoms with Crippen LogP contribution < -0.4 is 14.9 Å². The van der Waals surface area contributed by atoms with Crippen molar-refractivity contribution in [3.63, 3.8) is 0 Å². The fourth-order valence-electron chi connectivity index (χ4n) is 4.86. The quantitative estimate of drug-likeness (QED) is 0.289. The highest BCUT2D eigenvalue weighted by Gasteiger charge is 2.35. The van der Waals surface area contributed by atoms with Gasteiger partial charge < -0.3 is 4.74 Å². The molecule has 2 unspecified atom stereocenters. The van der Waals surface area contributed by atoms with Crippen LogP contribution >= 0.6 is 0 Å². The van der Waals surface area contributed by atoms with Crippen LogP contribution in [0.15, 0.2) is 83.8 Å². The van der Waals surface area contributed by atoms with Gasteiger partial charge in [0.05, 0.1) is 12.0 Å². The number of ether oxygens (including phenoxy) is 1. The number of carbonyl (C=O) groups is 1. The minimum Gasteiger partial charge on any atom is -0.497 e. The number of nitrogens with zero attached hydrogens (tertiary/aromatic N) is 1. The standard InChI is InChI=1S/C28H33N3O5S/c1-20(21-6-4-3-5-7-21)31-18-16-24(17-19-31)27(28(32)29-33)30-37(34,35)26-14-10-23(11-15-26)22-8-12-25(36-2)13-9-22/h3-15,20,24,27,30,33H,16-19H2,1-2H3,(H,29,32). The van der Waals surface area contributed by atoms with E-state index in [-0.39, 0.29) is 16.9 Å². The molecule has 196 valence electrons. The molecule has 2 atom stereocenters. The Labute approximate surface area is 218 Å². The Hall–Kier alpha value is -3.24. The summed E-state index contributed by atoms with van der Waals surface area (Å²) in [6, 6.07) is 23.3. The third-order valence-corrected chi connectivity index (χ3v) is 8.60.